The minimum Gasteiger partial charge on any atom is -0.480 e. The summed E-state index contributed by atoms with van der Waals surface area (Å²) in [6.45, 7) is 0.113. The molecule has 4 aliphatic carbocycles. The van der Waals surface area contributed by atoms with Crippen LogP contribution in [0.25, 0.3) is 0 Å². The Balaban J connectivity index is 1.41. The zero-order chi connectivity index (χ0) is 14.9. The molecule has 0 atom stereocenters. The average Bonchev–Trinajstić information content (AvgIpc) is 2.35. The van der Waals surface area contributed by atoms with E-state index >= 15 is 0 Å². The van der Waals surface area contributed by atoms with Crippen LogP contribution in [0.15, 0.2) is 0 Å². The zero-order valence-electron chi connectivity index (χ0n) is 12.7. The molecule has 0 aromatic rings. The zero-order valence-corrected chi connectivity index (χ0v) is 12.7. The van der Waals surface area contributed by atoms with Gasteiger partial charge in [0.25, 0.3) is 0 Å². The quantitative estimate of drug-likeness (QED) is 0.699. The van der Waals surface area contributed by atoms with Crippen molar-refractivity contribution in [3.8, 4) is 0 Å². The number of aliphatic carboxylic acids is 1. The minimum absolute atomic E-state index is 0.261. The summed E-state index contributed by atoms with van der Waals surface area (Å²) in [4.78, 5) is 22.6. The fraction of sp³-hybridized carbons (Fsp3) is 0.882. The van der Waals surface area contributed by atoms with E-state index in [9.17, 15) is 9.59 Å². The highest BCUT2D eigenvalue weighted by molar-refractivity contribution is 5.79. The lowest BCUT2D eigenvalue weighted by Gasteiger charge is -2.56. The molecule has 0 aromatic carbocycles. The fourth-order valence-electron chi connectivity index (χ4n) is 5.54. The van der Waals surface area contributed by atoms with Crippen molar-refractivity contribution in [3.05, 3.63) is 0 Å². The number of rotatable bonds is 8. The fourth-order valence-corrected chi connectivity index (χ4v) is 5.54. The Morgan fingerprint density at radius 3 is 2.14 bits per heavy atom. The largest absolute Gasteiger partial charge is 0.480 e. The molecular weight excluding hydrogens is 268 g/mol. The van der Waals surface area contributed by atoms with Crippen molar-refractivity contribution in [2.24, 2.45) is 23.2 Å². The van der Waals surface area contributed by atoms with Crippen LogP contribution in [0.4, 0.5) is 0 Å². The SMILES string of the molecule is O=C(O)COCCCC(=O)CC12CC3CC(CC(C3)C1)C2. The van der Waals surface area contributed by atoms with Crippen molar-refractivity contribution >= 4 is 11.8 Å². The van der Waals surface area contributed by atoms with Gasteiger partial charge in [0, 0.05) is 19.4 Å². The summed E-state index contributed by atoms with van der Waals surface area (Å²) in [5.74, 6) is 2.08. The Morgan fingerprint density at radius 2 is 1.62 bits per heavy atom. The van der Waals surface area contributed by atoms with E-state index in [-0.39, 0.29) is 6.61 Å². The first-order valence-electron chi connectivity index (χ1n) is 8.36. The van der Waals surface area contributed by atoms with Crippen LogP contribution in [-0.4, -0.2) is 30.1 Å². The number of ketones is 1. The highest BCUT2D eigenvalue weighted by Gasteiger charge is 2.51. The molecule has 21 heavy (non-hydrogen) atoms. The van der Waals surface area contributed by atoms with E-state index in [0.29, 0.717) is 30.6 Å². The first-order valence-corrected chi connectivity index (χ1v) is 8.36. The maximum Gasteiger partial charge on any atom is 0.329 e. The van der Waals surface area contributed by atoms with Gasteiger partial charge in [0.1, 0.15) is 12.4 Å². The van der Waals surface area contributed by atoms with Crippen molar-refractivity contribution in [3.63, 3.8) is 0 Å². The molecule has 4 nitrogen and oxygen atoms in total. The lowest BCUT2D eigenvalue weighted by molar-refractivity contribution is -0.142. The van der Waals surface area contributed by atoms with Crippen LogP contribution in [0.2, 0.25) is 0 Å². The summed E-state index contributed by atoms with van der Waals surface area (Å²) in [6.07, 6.45) is 10.0. The number of carbonyl (C=O) groups excluding carboxylic acids is 1. The predicted octanol–water partition coefficient (Wildman–Crippen LogP) is 3.04. The molecule has 4 saturated carbocycles. The smallest absolute Gasteiger partial charge is 0.329 e. The van der Waals surface area contributed by atoms with Gasteiger partial charge in [-0.2, -0.15) is 0 Å². The average molecular weight is 294 g/mol. The van der Waals surface area contributed by atoms with Gasteiger partial charge in [-0.1, -0.05) is 0 Å². The summed E-state index contributed by atoms with van der Waals surface area (Å²) < 4.78 is 4.99. The van der Waals surface area contributed by atoms with Gasteiger partial charge in [-0.05, 0) is 68.1 Å². The van der Waals surface area contributed by atoms with Crippen LogP contribution in [-0.2, 0) is 14.3 Å². The molecule has 4 aliphatic rings. The Labute approximate surface area is 126 Å². The maximum absolute atomic E-state index is 12.3. The normalized spacial score (nSPS) is 36.9. The Kier molecular flexibility index (Phi) is 4.34. The molecule has 0 aliphatic heterocycles. The maximum atomic E-state index is 12.3. The number of ether oxygens (including phenoxy) is 1. The summed E-state index contributed by atoms with van der Waals surface area (Å²) in [7, 11) is 0. The molecule has 0 aromatic heterocycles. The number of carboxylic acid groups (broad SMARTS) is 1. The number of Topliss-reactive ketones (excluding diaryl/α,β-unsaturated/α-hetero) is 1. The molecule has 0 amide bonds. The van der Waals surface area contributed by atoms with Gasteiger partial charge in [0.15, 0.2) is 0 Å². The van der Waals surface area contributed by atoms with Crippen LogP contribution in [0.5, 0.6) is 0 Å². The summed E-state index contributed by atoms with van der Waals surface area (Å²) >= 11 is 0. The van der Waals surface area contributed by atoms with Crippen LogP contribution in [0.3, 0.4) is 0 Å². The van der Waals surface area contributed by atoms with Crippen molar-refractivity contribution in [2.75, 3.05) is 13.2 Å². The molecule has 4 rings (SSSR count). The first-order chi connectivity index (χ1) is 10.0. The summed E-state index contributed by atoms with van der Waals surface area (Å²) in [6, 6.07) is 0. The van der Waals surface area contributed by atoms with Crippen LogP contribution >= 0.6 is 0 Å². The van der Waals surface area contributed by atoms with Crippen molar-refractivity contribution in [1.29, 1.82) is 0 Å². The highest BCUT2D eigenvalue weighted by Crippen LogP contribution is 2.61. The van der Waals surface area contributed by atoms with Crippen molar-refractivity contribution < 1.29 is 19.4 Å². The van der Waals surface area contributed by atoms with Gasteiger partial charge >= 0.3 is 5.97 Å². The topological polar surface area (TPSA) is 63.6 Å². The predicted molar refractivity (Wildman–Crippen MR) is 77.9 cm³/mol. The molecule has 4 heteroatoms. The number of carboxylic acids is 1. The molecule has 0 spiro atoms. The number of carbonyl (C=O) groups is 2. The number of hydrogen-bond acceptors (Lipinski definition) is 3. The van der Waals surface area contributed by atoms with Gasteiger partial charge in [-0.25, -0.2) is 4.79 Å². The molecule has 118 valence electrons. The third-order valence-electron chi connectivity index (χ3n) is 5.71. The lowest BCUT2D eigenvalue weighted by atomic mass is 9.48. The van der Waals surface area contributed by atoms with Gasteiger partial charge in [-0.15, -0.1) is 0 Å². The second kappa shape index (κ2) is 6.07. The van der Waals surface area contributed by atoms with Crippen LogP contribution < -0.4 is 0 Å². The second-order valence-electron chi connectivity index (χ2n) is 7.68. The lowest BCUT2D eigenvalue weighted by Crippen LogP contribution is -2.46. The third-order valence-corrected chi connectivity index (χ3v) is 5.71. The number of hydrogen-bond donors (Lipinski definition) is 1. The molecular formula is C17H26O4. The van der Waals surface area contributed by atoms with Gasteiger partial charge in [0.2, 0.25) is 0 Å². The molecule has 4 fully saturated rings. The van der Waals surface area contributed by atoms with E-state index in [1.54, 1.807) is 0 Å². The van der Waals surface area contributed by atoms with Gasteiger partial charge < -0.3 is 9.84 Å². The van der Waals surface area contributed by atoms with E-state index in [2.05, 4.69) is 0 Å². The van der Waals surface area contributed by atoms with Crippen molar-refractivity contribution in [1.82, 2.24) is 0 Å². The summed E-state index contributed by atoms with van der Waals surface area (Å²) in [5.41, 5.74) is 0.327. The first kappa shape index (κ1) is 15.0. The highest BCUT2D eigenvalue weighted by atomic mass is 16.5. The van der Waals surface area contributed by atoms with Gasteiger partial charge in [0.05, 0.1) is 0 Å². The Hall–Kier alpha value is -0.900. The standard InChI is InChI=1S/C17H26O4/c18-15(2-1-3-21-11-16(19)20)10-17-7-12-4-13(8-17)6-14(5-12)9-17/h12-14H,1-11H2,(H,19,20). The molecule has 0 radical (unpaired) electrons. The Morgan fingerprint density at radius 1 is 1.05 bits per heavy atom. The van der Waals surface area contributed by atoms with Crippen molar-refractivity contribution in [2.45, 2.75) is 57.8 Å². The van der Waals surface area contributed by atoms with E-state index in [4.69, 9.17) is 9.84 Å². The summed E-state index contributed by atoms with van der Waals surface area (Å²) in [5, 5.41) is 8.47. The van der Waals surface area contributed by atoms with Crippen LogP contribution in [0, 0.1) is 23.2 Å². The Bertz CT molecular complexity index is 380. The van der Waals surface area contributed by atoms with E-state index in [1.807, 2.05) is 0 Å². The third kappa shape index (κ3) is 3.65. The molecule has 0 saturated heterocycles. The molecule has 0 unspecified atom stereocenters. The molecule has 4 bridgehead atoms. The molecule has 1 N–H and O–H groups in total. The second-order valence-corrected chi connectivity index (χ2v) is 7.68. The van der Waals surface area contributed by atoms with E-state index in [0.717, 1.165) is 24.2 Å². The van der Waals surface area contributed by atoms with Crippen LogP contribution in [0.1, 0.15) is 57.8 Å². The molecule has 0 heterocycles. The van der Waals surface area contributed by atoms with E-state index < -0.39 is 5.97 Å². The monoisotopic (exact) mass is 294 g/mol. The van der Waals surface area contributed by atoms with E-state index in [1.165, 1.54) is 38.5 Å². The minimum atomic E-state index is -0.949. The van der Waals surface area contributed by atoms with Gasteiger partial charge in [-0.3, -0.25) is 4.79 Å².